The van der Waals surface area contributed by atoms with Crippen LogP contribution < -0.4 is 11.3 Å². The number of hydrogen-bond acceptors (Lipinski definition) is 5. The minimum absolute atomic E-state index is 0.00214. The van der Waals surface area contributed by atoms with Gasteiger partial charge in [-0.3, -0.25) is 0 Å². The van der Waals surface area contributed by atoms with E-state index in [0.717, 1.165) is 0 Å². The fourth-order valence-electron chi connectivity index (χ4n) is 1.22. The third kappa shape index (κ3) is 4.87. The molecule has 0 aliphatic heterocycles. The number of nitrogens with one attached hydrogen (secondary N) is 1. The first-order valence-electron chi connectivity index (χ1n) is 5.48. The predicted molar refractivity (Wildman–Crippen MR) is 67.8 cm³/mol. The van der Waals surface area contributed by atoms with E-state index >= 15 is 0 Å². The molecule has 0 spiro atoms. The van der Waals surface area contributed by atoms with Gasteiger partial charge in [0.05, 0.1) is 30.0 Å². The molecule has 1 atom stereocenters. The van der Waals surface area contributed by atoms with E-state index in [-0.39, 0.29) is 6.10 Å². The number of rotatable bonds is 7. The lowest BCUT2D eigenvalue weighted by Crippen LogP contribution is -2.17. The van der Waals surface area contributed by atoms with Crippen molar-refractivity contribution in [3.05, 3.63) is 22.8 Å². The Bertz CT molecular complexity index is 349. The Kier molecular flexibility index (Phi) is 6.21. The van der Waals surface area contributed by atoms with Crippen LogP contribution in [0.2, 0.25) is 5.02 Å². The third-order valence-electron chi connectivity index (χ3n) is 2.13. The molecule has 1 unspecified atom stereocenters. The standard InChI is InChI=1S/C11H18ClN3O2/c1-3-16-6-8(2)17-7-10-9(12)4-5-11(14-10)15-13/h4-5,8H,3,6-7,13H2,1-2H3,(H,14,15). The maximum absolute atomic E-state index is 6.00. The van der Waals surface area contributed by atoms with E-state index in [1.807, 2.05) is 13.8 Å². The molecule has 6 heteroatoms. The van der Waals surface area contributed by atoms with Crippen molar-refractivity contribution in [3.63, 3.8) is 0 Å². The van der Waals surface area contributed by atoms with Gasteiger partial charge in [-0.25, -0.2) is 10.8 Å². The summed E-state index contributed by atoms with van der Waals surface area (Å²) in [5, 5.41) is 0.563. The number of nitrogen functional groups attached to an aromatic ring is 1. The van der Waals surface area contributed by atoms with E-state index in [4.69, 9.17) is 26.9 Å². The second kappa shape index (κ2) is 7.45. The van der Waals surface area contributed by atoms with E-state index < -0.39 is 0 Å². The molecule has 0 saturated heterocycles. The zero-order valence-corrected chi connectivity index (χ0v) is 10.8. The van der Waals surface area contributed by atoms with Gasteiger partial charge in [-0.2, -0.15) is 0 Å². The Labute approximate surface area is 106 Å². The number of hydrazine groups is 1. The van der Waals surface area contributed by atoms with Gasteiger partial charge in [0.2, 0.25) is 0 Å². The van der Waals surface area contributed by atoms with Crippen LogP contribution in [0, 0.1) is 0 Å². The maximum atomic E-state index is 6.00. The van der Waals surface area contributed by atoms with Gasteiger partial charge in [0.1, 0.15) is 5.82 Å². The van der Waals surface area contributed by atoms with Crippen LogP contribution in [-0.2, 0) is 16.1 Å². The number of anilines is 1. The Morgan fingerprint density at radius 3 is 2.94 bits per heavy atom. The van der Waals surface area contributed by atoms with Crippen molar-refractivity contribution in [1.82, 2.24) is 4.98 Å². The monoisotopic (exact) mass is 259 g/mol. The summed E-state index contributed by atoms with van der Waals surface area (Å²) in [7, 11) is 0. The lowest BCUT2D eigenvalue weighted by Gasteiger charge is -2.13. The highest BCUT2D eigenvalue weighted by Gasteiger charge is 2.07. The molecule has 96 valence electrons. The minimum atomic E-state index is 0.00214. The quantitative estimate of drug-likeness (QED) is 0.579. The van der Waals surface area contributed by atoms with Crippen molar-refractivity contribution in [2.45, 2.75) is 26.6 Å². The summed E-state index contributed by atoms with van der Waals surface area (Å²) in [5.41, 5.74) is 3.12. The largest absolute Gasteiger partial charge is 0.379 e. The molecule has 0 aliphatic carbocycles. The molecule has 1 heterocycles. The lowest BCUT2D eigenvalue weighted by atomic mass is 10.3. The topological polar surface area (TPSA) is 69.4 Å². The summed E-state index contributed by atoms with van der Waals surface area (Å²) in [6.45, 7) is 5.46. The van der Waals surface area contributed by atoms with Crippen LogP contribution in [0.15, 0.2) is 12.1 Å². The van der Waals surface area contributed by atoms with Gasteiger partial charge in [0.25, 0.3) is 0 Å². The van der Waals surface area contributed by atoms with Crippen LogP contribution in [0.4, 0.5) is 5.82 Å². The number of ether oxygens (including phenoxy) is 2. The van der Waals surface area contributed by atoms with Crippen LogP contribution in [0.5, 0.6) is 0 Å². The van der Waals surface area contributed by atoms with E-state index in [1.54, 1.807) is 12.1 Å². The summed E-state index contributed by atoms with van der Waals surface area (Å²) in [4.78, 5) is 4.21. The van der Waals surface area contributed by atoms with Gasteiger partial charge >= 0.3 is 0 Å². The second-order valence-electron chi connectivity index (χ2n) is 3.55. The number of halogens is 1. The summed E-state index contributed by atoms with van der Waals surface area (Å²) >= 11 is 6.00. The Hall–Kier alpha value is -0.880. The molecular formula is C11H18ClN3O2. The van der Waals surface area contributed by atoms with Crippen molar-refractivity contribution < 1.29 is 9.47 Å². The van der Waals surface area contributed by atoms with Crippen LogP contribution in [-0.4, -0.2) is 24.3 Å². The van der Waals surface area contributed by atoms with Crippen molar-refractivity contribution in [2.24, 2.45) is 5.84 Å². The molecule has 0 bridgehead atoms. The minimum Gasteiger partial charge on any atom is -0.379 e. The number of nitrogens with zero attached hydrogens (tertiary/aromatic N) is 1. The molecule has 0 aliphatic rings. The number of aromatic nitrogens is 1. The van der Waals surface area contributed by atoms with Crippen LogP contribution in [0.3, 0.4) is 0 Å². The molecular weight excluding hydrogens is 242 g/mol. The summed E-state index contributed by atoms with van der Waals surface area (Å²) in [5.74, 6) is 5.83. The molecule has 0 amide bonds. The summed E-state index contributed by atoms with van der Waals surface area (Å²) in [6, 6.07) is 3.44. The van der Waals surface area contributed by atoms with Crippen LogP contribution in [0.1, 0.15) is 19.5 Å². The molecule has 0 fully saturated rings. The zero-order valence-electron chi connectivity index (χ0n) is 10.1. The summed E-state index contributed by atoms with van der Waals surface area (Å²) in [6.07, 6.45) is 0.00214. The number of hydrogen-bond donors (Lipinski definition) is 2. The number of pyridine rings is 1. The fourth-order valence-corrected chi connectivity index (χ4v) is 1.38. The Morgan fingerprint density at radius 2 is 2.29 bits per heavy atom. The molecule has 1 aromatic heterocycles. The first-order valence-corrected chi connectivity index (χ1v) is 5.86. The SMILES string of the molecule is CCOCC(C)OCc1nc(NN)ccc1Cl. The highest BCUT2D eigenvalue weighted by atomic mass is 35.5. The van der Waals surface area contributed by atoms with Crippen LogP contribution in [0.25, 0.3) is 0 Å². The highest BCUT2D eigenvalue weighted by Crippen LogP contribution is 2.17. The average molecular weight is 260 g/mol. The smallest absolute Gasteiger partial charge is 0.140 e. The van der Waals surface area contributed by atoms with E-state index in [9.17, 15) is 0 Å². The highest BCUT2D eigenvalue weighted by molar-refractivity contribution is 6.31. The second-order valence-corrected chi connectivity index (χ2v) is 3.96. The predicted octanol–water partition coefficient (Wildman–Crippen LogP) is 1.96. The molecule has 5 nitrogen and oxygen atoms in total. The summed E-state index contributed by atoms with van der Waals surface area (Å²) < 4.78 is 10.8. The third-order valence-corrected chi connectivity index (χ3v) is 2.47. The molecule has 0 radical (unpaired) electrons. The van der Waals surface area contributed by atoms with E-state index in [0.29, 0.717) is 36.4 Å². The van der Waals surface area contributed by atoms with Gasteiger partial charge in [0, 0.05) is 6.61 Å². The molecule has 17 heavy (non-hydrogen) atoms. The van der Waals surface area contributed by atoms with Crippen molar-refractivity contribution in [2.75, 3.05) is 18.6 Å². The molecule has 1 rings (SSSR count). The fraction of sp³-hybridized carbons (Fsp3) is 0.545. The first-order chi connectivity index (χ1) is 8.17. The van der Waals surface area contributed by atoms with Gasteiger partial charge in [-0.1, -0.05) is 11.6 Å². The number of nitrogens with two attached hydrogens (primary N) is 1. The van der Waals surface area contributed by atoms with Crippen molar-refractivity contribution >= 4 is 17.4 Å². The first kappa shape index (κ1) is 14.2. The van der Waals surface area contributed by atoms with Gasteiger partial charge in [-0.15, -0.1) is 0 Å². The molecule has 1 aromatic rings. The van der Waals surface area contributed by atoms with E-state index in [2.05, 4.69) is 10.4 Å². The van der Waals surface area contributed by atoms with Gasteiger partial charge in [-0.05, 0) is 26.0 Å². The Morgan fingerprint density at radius 1 is 1.53 bits per heavy atom. The van der Waals surface area contributed by atoms with Crippen molar-refractivity contribution in [3.8, 4) is 0 Å². The van der Waals surface area contributed by atoms with Crippen LogP contribution >= 0.6 is 11.6 Å². The van der Waals surface area contributed by atoms with E-state index in [1.165, 1.54) is 0 Å². The molecule has 0 aromatic carbocycles. The maximum Gasteiger partial charge on any atom is 0.140 e. The molecule has 3 N–H and O–H groups in total. The zero-order chi connectivity index (χ0) is 12.7. The average Bonchev–Trinajstić information content (AvgIpc) is 2.35. The normalized spacial score (nSPS) is 12.5. The molecule has 0 saturated carbocycles. The van der Waals surface area contributed by atoms with Gasteiger partial charge < -0.3 is 14.9 Å². The van der Waals surface area contributed by atoms with Crippen molar-refractivity contribution in [1.29, 1.82) is 0 Å². The lowest BCUT2D eigenvalue weighted by molar-refractivity contribution is -0.0126. The van der Waals surface area contributed by atoms with Gasteiger partial charge in [0.15, 0.2) is 0 Å². The Balaban J connectivity index is 2.50.